The average Bonchev–Trinajstić information content (AvgIpc) is 2.29. The number of benzene rings is 1. The Morgan fingerprint density at radius 1 is 1.47 bits per heavy atom. The van der Waals surface area contributed by atoms with Gasteiger partial charge in [0.2, 0.25) is 0 Å². The molecule has 3 N–H and O–H groups in total. The molecule has 4 nitrogen and oxygen atoms in total. The molecule has 0 aliphatic rings. The minimum atomic E-state index is -0.956. The van der Waals surface area contributed by atoms with E-state index in [-0.39, 0.29) is 12.4 Å². The van der Waals surface area contributed by atoms with E-state index in [0.29, 0.717) is 5.75 Å². The number of halogens is 1. The monoisotopic (exact) mass is 277 g/mol. The normalized spacial score (nSPS) is 11.4. The number of thioether (sulfide) groups is 1. The topological polar surface area (TPSA) is 72.5 Å². The van der Waals surface area contributed by atoms with Crippen molar-refractivity contribution in [2.75, 3.05) is 12.9 Å². The predicted octanol–water partition coefficient (Wildman–Crippen LogP) is 1.76. The van der Waals surface area contributed by atoms with Crippen molar-refractivity contribution < 1.29 is 14.6 Å². The molecule has 1 aromatic rings. The van der Waals surface area contributed by atoms with Crippen molar-refractivity contribution >= 4 is 30.1 Å². The molecule has 0 aliphatic heterocycles. The van der Waals surface area contributed by atoms with Crippen molar-refractivity contribution in [3.8, 4) is 5.75 Å². The Kier molecular flexibility index (Phi) is 7.78. The summed E-state index contributed by atoms with van der Waals surface area (Å²) < 4.78 is 5.04. The molecule has 0 saturated carbocycles. The van der Waals surface area contributed by atoms with Crippen LogP contribution in [0.5, 0.6) is 5.75 Å². The lowest BCUT2D eigenvalue weighted by Crippen LogP contribution is -2.32. The molecule has 0 saturated heterocycles. The molecule has 1 atom stereocenters. The molecule has 0 aliphatic carbocycles. The Bertz CT molecular complexity index is 345. The van der Waals surface area contributed by atoms with E-state index in [0.717, 1.165) is 17.1 Å². The molecule has 0 amide bonds. The molecule has 0 bridgehead atoms. The fraction of sp³-hybridized carbons (Fsp3) is 0.364. The highest BCUT2D eigenvalue weighted by atomic mass is 35.5. The van der Waals surface area contributed by atoms with Gasteiger partial charge in [0, 0.05) is 11.5 Å². The number of hydrogen-bond acceptors (Lipinski definition) is 4. The fourth-order valence-electron chi connectivity index (χ4n) is 1.10. The van der Waals surface area contributed by atoms with Crippen molar-refractivity contribution in [1.82, 2.24) is 0 Å². The minimum Gasteiger partial charge on any atom is -0.497 e. The molecule has 0 spiro atoms. The second-order valence-corrected chi connectivity index (χ2v) is 4.34. The lowest BCUT2D eigenvalue weighted by molar-refractivity contribution is -0.137. The lowest BCUT2D eigenvalue weighted by atomic mass is 10.2. The first-order valence-electron chi connectivity index (χ1n) is 4.82. The Morgan fingerprint density at radius 3 is 2.53 bits per heavy atom. The van der Waals surface area contributed by atoms with Gasteiger partial charge >= 0.3 is 5.97 Å². The zero-order chi connectivity index (χ0) is 12.0. The number of ether oxygens (including phenoxy) is 1. The SMILES string of the molecule is COc1ccc(CSC[C@H](N)C(=O)O)cc1.Cl. The second-order valence-electron chi connectivity index (χ2n) is 3.31. The maximum absolute atomic E-state index is 10.5. The number of carboxylic acids is 1. The highest BCUT2D eigenvalue weighted by Crippen LogP contribution is 2.16. The van der Waals surface area contributed by atoms with Crippen LogP contribution in [0.25, 0.3) is 0 Å². The smallest absolute Gasteiger partial charge is 0.321 e. The van der Waals surface area contributed by atoms with Crippen LogP contribution >= 0.6 is 24.2 Å². The van der Waals surface area contributed by atoms with Crippen LogP contribution in [0.15, 0.2) is 24.3 Å². The van der Waals surface area contributed by atoms with Gasteiger partial charge in [0.15, 0.2) is 0 Å². The summed E-state index contributed by atoms with van der Waals surface area (Å²) in [5.74, 6) is 1.03. The molecule has 17 heavy (non-hydrogen) atoms. The van der Waals surface area contributed by atoms with Gasteiger partial charge in [-0.3, -0.25) is 4.79 Å². The third-order valence-electron chi connectivity index (χ3n) is 2.04. The fourth-order valence-corrected chi connectivity index (χ4v) is 2.04. The van der Waals surface area contributed by atoms with Crippen LogP contribution in [0.4, 0.5) is 0 Å². The van der Waals surface area contributed by atoms with E-state index in [1.54, 1.807) is 7.11 Å². The highest BCUT2D eigenvalue weighted by Gasteiger charge is 2.10. The van der Waals surface area contributed by atoms with Gasteiger partial charge in [-0.25, -0.2) is 0 Å². The first-order valence-corrected chi connectivity index (χ1v) is 5.98. The summed E-state index contributed by atoms with van der Waals surface area (Å²) in [5.41, 5.74) is 6.51. The summed E-state index contributed by atoms with van der Waals surface area (Å²) in [6.07, 6.45) is 0. The quantitative estimate of drug-likeness (QED) is 0.829. The van der Waals surface area contributed by atoms with Crippen LogP contribution in [-0.2, 0) is 10.5 Å². The van der Waals surface area contributed by atoms with Crippen LogP contribution < -0.4 is 10.5 Å². The number of hydrogen-bond donors (Lipinski definition) is 2. The second kappa shape index (κ2) is 8.22. The first kappa shape index (κ1) is 16.1. The van der Waals surface area contributed by atoms with Gasteiger partial charge in [-0.15, -0.1) is 12.4 Å². The van der Waals surface area contributed by atoms with E-state index in [1.807, 2.05) is 24.3 Å². The Hall–Kier alpha value is -0.910. The molecule has 0 fully saturated rings. The van der Waals surface area contributed by atoms with Crippen LogP contribution in [0.2, 0.25) is 0 Å². The van der Waals surface area contributed by atoms with Crippen molar-refractivity contribution in [3.63, 3.8) is 0 Å². The lowest BCUT2D eigenvalue weighted by Gasteiger charge is -2.06. The molecule has 0 unspecified atom stereocenters. The number of aliphatic carboxylic acids is 1. The van der Waals surface area contributed by atoms with Gasteiger partial charge in [0.1, 0.15) is 11.8 Å². The summed E-state index contributed by atoms with van der Waals surface area (Å²) >= 11 is 1.51. The van der Waals surface area contributed by atoms with E-state index in [4.69, 9.17) is 15.6 Å². The summed E-state index contributed by atoms with van der Waals surface area (Å²) in [5, 5.41) is 8.59. The summed E-state index contributed by atoms with van der Waals surface area (Å²) in [6, 6.07) is 6.89. The van der Waals surface area contributed by atoms with Gasteiger partial charge in [0.05, 0.1) is 7.11 Å². The average molecular weight is 278 g/mol. The Balaban J connectivity index is 0.00000256. The summed E-state index contributed by atoms with van der Waals surface area (Å²) in [7, 11) is 1.62. The molecule has 0 heterocycles. The minimum absolute atomic E-state index is 0. The van der Waals surface area contributed by atoms with Gasteiger partial charge in [0.25, 0.3) is 0 Å². The molecule has 96 valence electrons. The van der Waals surface area contributed by atoms with Gasteiger partial charge in [-0.1, -0.05) is 12.1 Å². The van der Waals surface area contributed by atoms with E-state index < -0.39 is 12.0 Å². The van der Waals surface area contributed by atoms with Crippen LogP contribution in [0.3, 0.4) is 0 Å². The third kappa shape index (κ3) is 5.81. The molecular formula is C11H16ClNO3S. The maximum atomic E-state index is 10.5. The number of nitrogens with two attached hydrogens (primary N) is 1. The number of carboxylic acid groups (broad SMARTS) is 1. The summed E-state index contributed by atoms with van der Waals surface area (Å²) in [6.45, 7) is 0. The summed E-state index contributed by atoms with van der Waals surface area (Å²) in [4.78, 5) is 10.5. The highest BCUT2D eigenvalue weighted by molar-refractivity contribution is 7.98. The molecule has 1 rings (SSSR count). The number of methoxy groups -OCH3 is 1. The number of rotatable bonds is 6. The third-order valence-corrected chi connectivity index (χ3v) is 3.17. The molecular weight excluding hydrogens is 262 g/mol. The molecule has 0 radical (unpaired) electrons. The molecule has 1 aromatic carbocycles. The first-order chi connectivity index (χ1) is 7.63. The van der Waals surface area contributed by atoms with Crippen molar-refractivity contribution in [2.45, 2.75) is 11.8 Å². The van der Waals surface area contributed by atoms with Crippen molar-refractivity contribution in [2.24, 2.45) is 5.73 Å². The van der Waals surface area contributed by atoms with E-state index in [9.17, 15) is 4.79 Å². The van der Waals surface area contributed by atoms with Gasteiger partial charge in [-0.2, -0.15) is 11.8 Å². The zero-order valence-electron chi connectivity index (χ0n) is 9.46. The van der Waals surface area contributed by atoms with Crippen LogP contribution in [0.1, 0.15) is 5.56 Å². The van der Waals surface area contributed by atoms with Gasteiger partial charge in [-0.05, 0) is 17.7 Å². The largest absolute Gasteiger partial charge is 0.497 e. The van der Waals surface area contributed by atoms with E-state index in [1.165, 1.54) is 11.8 Å². The standard InChI is InChI=1S/C11H15NO3S.ClH/c1-15-9-4-2-8(3-5-9)6-16-7-10(12)11(13)14;/h2-5,10H,6-7,12H2,1H3,(H,13,14);1H/t10-;/m0./s1. The van der Waals surface area contributed by atoms with Crippen molar-refractivity contribution in [3.05, 3.63) is 29.8 Å². The zero-order valence-corrected chi connectivity index (χ0v) is 11.1. The predicted molar refractivity (Wildman–Crippen MR) is 72.0 cm³/mol. The van der Waals surface area contributed by atoms with Crippen LogP contribution in [0, 0.1) is 0 Å². The molecule has 0 aromatic heterocycles. The number of carbonyl (C=O) groups is 1. The van der Waals surface area contributed by atoms with Crippen LogP contribution in [-0.4, -0.2) is 30.0 Å². The van der Waals surface area contributed by atoms with Gasteiger partial charge < -0.3 is 15.6 Å². The van der Waals surface area contributed by atoms with E-state index in [2.05, 4.69) is 0 Å². The maximum Gasteiger partial charge on any atom is 0.321 e. The Labute approximate surface area is 111 Å². The van der Waals surface area contributed by atoms with E-state index >= 15 is 0 Å². The van der Waals surface area contributed by atoms with Crippen molar-refractivity contribution in [1.29, 1.82) is 0 Å². The Morgan fingerprint density at radius 2 is 2.06 bits per heavy atom. The molecule has 6 heteroatoms.